The molecule has 0 aliphatic carbocycles. The van der Waals surface area contributed by atoms with Gasteiger partial charge in [0.1, 0.15) is 5.82 Å². The fourth-order valence-electron chi connectivity index (χ4n) is 1.37. The van der Waals surface area contributed by atoms with Crippen LogP contribution in [0.5, 0.6) is 0 Å². The molecule has 0 atom stereocenters. The largest absolute Gasteiger partial charge is 0.288 e. The highest BCUT2D eigenvalue weighted by molar-refractivity contribution is 7.12. The Morgan fingerprint density at radius 3 is 2.81 bits per heavy atom. The fraction of sp³-hybridized carbons (Fsp3) is 0.0833. The summed E-state index contributed by atoms with van der Waals surface area (Å²) in [5, 5.41) is 1.97. The molecule has 16 heavy (non-hydrogen) atoms. The van der Waals surface area contributed by atoms with Crippen LogP contribution in [-0.2, 0) is 0 Å². The Kier molecular flexibility index (Phi) is 3.08. The lowest BCUT2D eigenvalue weighted by Gasteiger charge is -2.04. The first kappa shape index (κ1) is 11.3. The standard InChI is InChI=1S/C12H8ClFOS/c1-7-5-8(9(13)6-10(7)14)12(15)11-3-2-4-16-11/h2-6H,1H3. The van der Waals surface area contributed by atoms with Crippen LogP contribution in [0.1, 0.15) is 20.8 Å². The fourth-order valence-corrected chi connectivity index (χ4v) is 2.29. The number of aryl methyl sites for hydroxylation is 1. The molecule has 1 aromatic carbocycles. The molecule has 0 amide bonds. The average Bonchev–Trinajstić information content (AvgIpc) is 2.75. The third kappa shape index (κ3) is 2.01. The number of rotatable bonds is 2. The molecule has 0 radical (unpaired) electrons. The van der Waals surface area contributed by atoms with E-state index < -0.39 is 5.82 Å². The van der Waals surface area contributed by atoms with Crippen LogP contribution in [0.4, 0.5) is 4.39 Å². The Bertz CT molecular complexity index is 534. The molecule has 0 bridgehead atoms. The second-order valence-electron chi connectivity index (χ2n) is 3.39. The molecule has 4 heteroatoms. The number of carbonyl (C=O) groups excluding carboxylic acids is 1. The van der Waals surface area contributed by atoms with Crippen LogP contribution in [0, 0.1) is 12.7 Å². The van der Waals surface area contributed by atoms with E-state index in [1.54, 1.807) is 19.1 Å². The lowest BCUT2D eigenvalue weighted by atomic mass is 10.1. The summed E-state index contributed by atoms with van der Waals surface area (Å²) in [6.07, 6.45) is 0. The summed E-state index contributed by atoms with van der Waals surface area (Å²) >= 11 is 7.20. The Morgan fingerprint density at radius 2 is 2.19 bits per heavy atom. The van der Waals surface area contributed by atoms with E-state index in [0.717, 1.165) is 0 Å². The molecular formula is C12H8ClFOS. The topological polar surface area (TPSA) is 17.1 Å². The van der Waals surface area contributed by atoms with Gasteiger partial charge >= 0.3 is 0 Å². The molecule has 0 unspecified atom stereocenters. The van der Waals surface area contributed by atoms with Crippen molar-refractivity contribution in [3.63, 3.8) is 0 Å². The zero-order valence-electron chi connectivity index (χ0n) is 8.46. The van der Waals surface area contributed by atoms with Gasteiger partial charge in [0.05, 0.1) is 9.90 Å². The maximum atomic E-state index is 13.2. The quantitative estimate of drug-likeness (QED) is 0.738. The van der Waals surface area contributed by atoms with E-state index in [1.165, 1.54) is 23.5 Å². The summed E-state index contributed by atoms with van der Waals surface area (Å²) in [4.78, 5) is 12.6. The maximum Gasteiger partial charge on any atom is 0.204 e. The van der Waals surface area contributed by atoms with E-state index in [1.807, 2.05) is 5.38 Å². The minimum Gasteiger partial charge on any atom is -0.288 e. The van der Waals surface area contributed by atoms with Gasteiger partial charge in [0.25, 0.3) is 0 Å². The van der Waals surface area contributed by atoms with Gasteiger partial charge in [-0.1, -0.05) is 17.7 Å². The molecule has 0 fully saturated rings. The monoisotopic (exact) mass is 254 g/mol. The van der Waals surface area contributed by atoms with Gasteiger partial charge in [-0.15, -0.1) is 11.3 Å². The summed E-state index contributed by atoms with van der Waals surface area (Å²) in [5.74, 6) is -0.559. The number of carbonyl (C=O) groups is 1. The van der Waals surface area contributed by atoms with Crippen molar-refractivity contribution < 1.29 is 9.18 Å². The Hall–Kier alpha value is -1.19. The SMILES string of the molecule is Cc1cc(C(=O)c2cccs2)c(Cl)cc1F. The lowest BCUT2D eigenvalue weighted by molar-refractivity contribution is 0.104. The molecule has 0 aliphatic heterocycles. The van der Waals surface area contributed by atoms with Gasteiger partial charge in [0.15, 0.2) is 0 Å². The first-order valence-corrected chi connectivity index (χ1v) is 5.89. The van der Waals surface area contributed by atoms with Crippen molar-refractivity contribution in [1.82, 2.24) is 0 Å². The van der Waals surface area contributed by atoms with E-state index in [-0.39, 0.29) is 10.8 Å². The number of thiophene rings is 1. The maximum absolute atomic E-state index is 13.2. The summed E-state index contributed by atoms with van der Waals surface area (Å²) < 4.78 is 13.2. The van der Waals surface area contributed by atoms with Gasteiger partial charge in [-0.3, -0.25) is 4.79 Å². The van der Waals surface area contributed by atoms with Crippen LogP contribution < -0.4 is 0 Å². The molecular weight excluding hydrogens is 247 g/mol. The van der Waals surface area contributed by atoms with E-state index in [2.05, 4.69) is 0 Å². The molecule has 0 saturated heterocycles. The van der Waals surface area contributed by atoms with Crippen LogP contribution >= 0.6 is 22.9 Å². The van der Waals surface area contributed by atoms with E-state index in [9.17, 15) is 9.18 Å². The van der Waals surface area contributed by atoms with Crippen molar-refractivity contribution in [3.8, 4) is 0 Å². The van der Waals surface area contributed by atoms with Crippen LogP contribution in [-0.4, -0.2) is 5.78 Å². The van der Waals surface area contributed by atoms with Crippen LogP contribution in [0.25, 0.3) is 0 Å². The number of hydrogen-bond acceptors (Lipinski definition) is 2. The third-order valence-electron chi connectivity index (χ3n) is 2.24. The summed E-state index contributed by atoms with van der Waals surface area (Å²) in [7, 11) is 0. The first-order valence-electron chi connectivity index (χ1n) is 4.63. The average molecular weight is 255 g/mol. The molecule has 1 nitrogen and oxygen atoms in total. The Balaban J connectivity index is 2.49. The molecule has 1 aromatic heterocycles. The predicted molar refractivity (Wildman–Crippen MR) is 63.9 cm³/mol. The molecule has 1 heterocycles. The number of benzene rings is 1. The molecule has 0 aliphatic rings. The molecule has 0 N–H and O–H groups in total. The predicted octanol–water partition coefficient (Wildman–Crippen LogP) is 4.08. The van der Waals surface area contributed by atoms with E-state index in [0.29, 0.717) is 16.0 Å². The zero-order chi connectivity index (χ0) is 11.7. The number of halogens is 2. The van der Waals surface area contributed by atoms with Crippen molar-refractivity contribution in [1.29, 1.82) is 0 Å². The highest BCUT2D eigenvalue weighted by Gasteiger charge is 2.15. The number of hydrogen-bond donors (Lipinski definition) is 0. The van der Waals surface area contributed by atoms with Crippen molar-refractivity contribution in [2.45, 2.75) is 6.92 Å². The van der Waals surface area contributed by atoms with Gasteiger partial charge < -0.3 is 0 Å². The van der Waals surface area contributed by atoms with Gasteiger partial charge in [-0.05, 0) is 36.1 Å². The van der Waals surface area contributed by atoms with E-state index >= 15 is 0 Å². The Labute approximate surface area is 101 Å². The van der Waals surface area contributed by atoms with Gasteiger partial charge in [0.2, 0.25) is 5.78 Å². The van der Waals surface area contributed by atoms with Crippen molar-refractivity contribution in [3.05, 3.63) is 56.5 Å². The molecule has 82 valence electrons. The zero-order valence-corrected chi connectivity index (χ0v) is 10.0. The minimum atomic E-state index is -0.396. The summed E-state index contributed by atoms with van der Waals surface area (Å²) in [6.45, 7) is 1.61. The molecule has 2 rings (SSSR count). The molecule has 0 spiro atoms. The van der Waals surface area contributed by atoms with Crippen molar-refractivity contribution in [2.24, 2.45) is 0 Å². The second-order valence-corrected chi connectivity index (χ2v) is 4.74. The van der Waals surface area contributed by atoms with Gasteiger partial charge in [0, 0.05) is 5.56 Å². The van der Waals surface area contributed by atoms with E-state index in [4.69, 9.17) is 11.6 Å². The summed E-state index contributed by atoms with van der Waals surface area (Å²) in [6, 6.07) is 6.18. The minimum absolute atomic E-state index is 0.154. The van der Waals surface area contributed by atoms with Crippen LogP contribution in [0.2, 0.25) is 5.02 Å². The Morgan fingerprint density at radius 1 is 1.44 bits per heavy atom. The third-order valence-corrected chi connectivity index (χ3v) is 3.42. The molecule has 0 saturated carbocycles. The lowest BCUT2D eigenvalue weighted by Crippen LogP contribution is -2.01. The smallest absolute Gasteiger partial charge is 0.204 e. The highest BCUT2D eigenvalue weighted by atomic mass is 35.5. The second kappa shape index (κ2) is 4.36. The van der Waals surface area contributed by atoms with Gasteiger partial charge in [-0.25, -0.2) is 4.39 Å². The highest BCUT2D eigenvalue weighted by Crippen LogP contribution is 2.24. The normalized spacial score (nSPS) is 10.4. The molecule has 2 aromatic rings. The first-order chi connectivity index (χ1) is 7.59. The summed E-state index contributed by atoms with van der Waals surface area (Å²) in [5.41, 5.74) is 0.771. The van der Waals surface area contributed by atoms with Gasteiger partial charge in [-0.2, -0.15) is 0 Å². The van der Waals surface area contributed by atoms with Crippen molar-refractivity contribution in [2.75, 3.05) is 0 Å². The number of ketones is 1. The van der Waals surface area contributed by atoms with Crippen molar-refractivity contribution >= 4 is 28.7 Å². The van der Waals surface area contributed by atoms with Crippen LogP contribution in [0.3, 0.4) is 0 Å². The van der Waals surface area contributed by atoms with Crippen LogP contribution in [0.15, 0.2) is 29.6 Å².